The fourth-order valence-corrected chi connectivity index (χ4v) is 1.84. The van der Waals surface area contributed by atoms with Gasteiger partial charge in [-0.05, 0) is 24.5 Å². The van der Waals surface area contributed by atoms with Crippen molar-refractivity contribution >= 4 is 5.91 Å². The first-order chi connectivity index (χ1) is 8.74. The number of rotatable bonds is 8. The third kappa shape index (κ3) is 5.71. The van der Waals surface area contributed by atoms with Crippen LogP contribution in [-0.2, 0) is 11.2 Å². The Bertz CT molecular complexity index is 363. The quantitative estimate of drug-likeness (QED) is 0.696. The zero-order valence-corrected chi connectivity index (χ0v) is 11.1. The second-order valence-electron chi connectivity index (χ2n) is 4.54. The molecule has 1 rings (SSSR count). The van der Waals surface area contributed by atoms with Crippen molar-refractivity contribution in [2.24, 2.45) is 0 Å². The van der Waals surface area contributed by atoms with Gasteiger partial charge in [-0.25, -0.2) is 0 Å². The zero-order valence-electron chi connectivity index (χ0n) is 11.1. The van der Waals surface area contributed by atoms with E-state index in [4.69, 9.17) is 0 Å². The van der Waals surface area contributed by atoms with Crippen LogP contribution in [0, 0.1) is 0 Å². The molecule has 0 unspecified atom stereocenters. The highest BCUT2D eigenvalue weighted by molar-refractivity contribution is 5.76. The Hall–Kier alpha value is -1.51. The molecule has 1 aromatic carbocycles. The summed E-state index contributed by atoms with van der Waals surface area (Å²) in [4.78, 5) is 11.6. The van der Waals surface area contributed by atoms with E-state index < -0.39 is 0 Å². The lowest BCUT2D eigenvalue weighted by Crippen LogP contribution is -2.24. The minimum absolute atomic E-state index is 0.0646. The molecule has 0 saturated carbocycles. The molecule has 3 heteroatoms. The number of amides is 1. The summed E-state index contributed by atoms with van der Waals surface area (Å²) >= 11 is 0. The summed E-state index contributed by atoms with van der Waals surface area (Å²) in [7, 11) is 0. The topological polar surface area (TPSA) is 49.3 Å². The molecule has 18 heavy (non-hydrogen) atoms. The number of nitrogens with one attached hydrogen (secondary N) is 1. The summed E-state index contributed by atoms with van der Waals surface area (Å²) in [6.45, 7) is 2.94. The van der Waals surface area contributed by atoms with Crippen LogP contribution in [-0.4, -0.2) is 17.6 Å². The number of carbonyl (C=O) groups excluding carboxylic acids is 1. The van der Waals surface area contributed by atoms with Gasteiger partial charge in [0.15, 0.2) is 0 Å². The summed E-state index contributed by atoms with van der Waals surface area (Å²) in [5.41, 5.74) is 0.832. The summed E-state index contributed by atoms with van der Waals surface area (Å²) in [5.74, 6) is 0.336. The third-order valence-electron chi connectivity index (χ3n) is 2.97. The number of unbranched alkanes of at least 4 members (excludes halogenated alkanes) is 3. The van der Waals surface area contributed by atoms with Gasteiger partial charge in [-0.1, -0.05) is 44.4 Å². The van der Waals surface area contributed by atoms with Crippen LogP contribution in [0.15, 0.2) is 24.3 Å². The van der Waals surface area contributed by atoms with E-state index in [1.54, 1.807) is 12.1 Å². The predicted molar refractivity (Wildman–Crippen MR) is 73.6 cm³/mol. The Morgan fingerprint density at radius 3 is 2.72 bits per heavy atom. The molecule has 0 aliphatic carbocycles. The van der Waals surface area contributed by atoms with Gasteiger partial charge in [-0.3, -0.25) is 4.79 Å². The van der Waals surface area contributed by atoms with Gasteiger partial charge in [-0.15, -0.1) is 0 Å². The smallest absolute Gasteiger partial charge is 0.220 e. The Morgan fingerprint density at radius 1 is 1.22 bits per heavy atom. The molecular weight excluding hydrogens is 226 g/mol. The maximum Gasteiger partial charge on any atom is 0.220 e. The van der Waals surface area contributed by atoms with E-state index in [1.165, 1.54) is 19.3 Å². The fraction of sp³-hybridized carbons (Fsp3) is 0.533. The molecule has 0 spiro atoms. The van der Waals surface area contributed by atoms with Gasteiger partial charge >= 0.3 is 0 Å². The molecule has 1 aromatic rings. The highest BCUT2D eigenvalue weighted by atomic mass is 16.3. The second-order valence-corrected chi connectivity index (χ2v) is 4.54. The van der Waals surface area contributed by atoms with Crippen LogP contribution in [0.5, 0.6) is 5.75 Å². The maximum absolute atomic E-state index is 11.6. The fourth-order valence-electron chi connectivity index (χ4n) is 1.84. The molecule has 0 heterocycles. The Balaban J connectivity index is 2.15. The lowest BCUT2D eigenvalue weighted by atomic mass is 10.1. The van der Waals surface area contributed by atoms with Crippen LogP contribution in [0.1, 0.15) is 44.6 Å². The molecule has 0 saturated heterocycles. The summed E-state index contributed by atoms with van der Waals surface area (Å²) in [5, 5.41) is 12.5. The van der Waals surface area contributed by atoms with Crippen molar-refractivity contribution in [1.82, 2.24) is 5.32 Å². The number of phenols is 1. The molecule has 2 N–H and O–H groups in total. The van der Waals surface area contributed by atoms with Crippen LogP contribution in [0.2, 0.25) is 0 Å². The van der Waals surface area contributed by atoms with E-state index in [9.17, 15) is 9.90 Å². The maximum atomic E-state index is 11.6. The molecule has 0 aromatic heterocycles. The van der Waals surface area contributed by atoms with Gasteiger partial charge in [0.1, 0.15) is 5.75 Å². The van der Waals surface area contributed by atoms with Gasteiger partial charge < -0.3 is 10.4 Å². The van der Waals surface area contributed by atoms with Crippen molar-refractivity contribution in [2.75, 3.05) is 6.54 Å². The molecule has 3 nitrogen and oxygen atoms in total. The van der Waals surface area contributed by atoms with Crippen LogP contribution >= 0.6 is 0 Å². The number of aromatic hydroxyl groups is 1. The van der Waals surface area contributed by atoms with E-state index in [-0.39, 0.29) is 11.7 Å². The molecule has 0 atom stereocenters. The molecule has 0 bridgehead atoms. The lowest BCUT2D eigenvalue weighted by molar-refractivity contribution is -0.121. The van der Waals surface area contributed by atoms with Crippen LogP contribution in [0.4, 0.5) is 0 Å². The van der Waals surface area contributed by atoms with Crippen molar-refractivity contribution in [3.05, 3.63) is 29.8 Å². The van der Waals surface area contributed by atoms with E-state index >= 15 is 0 Å². The Kier molecular flexibility index (Phi) is 6.92. The number of hydrogen-bond acceptors (Lipinski definition) is 2. The van der Waals surface area contributed by atoms with Crippen molar-refractivity contribution < 1.29 is 9.90 Å². The first-order valence-corrected chi connectivity index (χ1v) is 6.77. The number of carbonyl (C=O) groups is 1. The molecule has 0 radical (unpaired) electrons. The van der Waals surface area contributed by atoms with E-state index in [1.807, 2.05) is 12.1 Å². The predicted octanol–water partition coefficient (Wildman–Crippen LogP) is 3.02. The molecule has 0 aliphatic heterocycles. The number of benzene rings is 1. The Morgan fingerprint density at radius 2 is 2.00 bits per heavy atom. The minimum atomic E-state index is 0.0646. The van der Waals surface area contributed by atoms with E-state index in [0.29, 0.717) is 12.8 Å². The Labute approximate surface area is 109 Å². The number of para-hydroxylation sites is 1. The third-order valence-corrected chi connectivity index (χ3v) is 2.97. The van der Waals surface area contributed by atoms with E-state index in [2.05, 4.69) is 12.2 Å². The molecule has 0 aliphatic rings. The van der Waals surface area contributed by atoms with Gasteiger partial charge in [0.2, 0.25) is 5.91 Å². The number of aryl methyl sites for hydroxylation is 1. The van der Waals surface area contributed by atoms with Gasteiger partial charge in [0.25, 0.3) is 0 Å². The molecule has 0 fully saturated rings. The largest absolute Gasteiger partial charge is 0.508 e. The van der Waals surface area contributed by atoms with Gasteiger partial charge in [0, 0.05) is 13.0 Å². The van der Waals surface area contributed by atoms with E-state index in [0.717, 1.165) is 18.5 Å². The number of phenolic OH excluding ortho intramolecular Hbond substituents is 1. The second kappa shape index (κ2) is 8.56. The van der Waals surface area contributed by atoms with Crippen molar-refractivity contribution in [1.29, 1.82) is 0 Å². The summed E-state index contributed by atoms with van der Waals surface area (Å²) in [6.07, 6.45) is 5.69. The van der Waals surface area contributed by atoms with Crippen molar-refractivity contribution in [3.8, 4) is 5.75 Å². The molecule has 1 amide bonds. The van der Waals surface area contributed by atoms with Gasteiger partial charge in [0.05, 0.1) is 0 Å². The average Bonchev–Trinajstić information content (AvgIpc) is 2.37. The highest BCUT2D eigenvalue weighted by Gasteiger charge is 2.04. The number of hydrogen-bond donors (Lipinski definition) is 2. The summed E-state index contributed by atoms with van der Waals surface area (Å²) in [6, 6.07) is 7.16. The first kappa shape index (κ1) is 14.6. The normalized spacial score (nSPS) is 10.3. The average molecular weight is 249 g/mol. The molecule has 100 valence electrons. The highest BCUT2D eigenvalue weighted by Crippen LogP contribution is 2.16. The zero-order chi connectivity index (χ0) is 13.2. The monoisotopic (exact) mass is 249 g/mol. The lowest BCUT2D eigenvalue weighted by Gasteiger charge is -2.06. The first-order valence-electron chi connectivity index (χ1n) is 6.77. The van der Waals surface area contributed by atoms with Crippen molar-refractivity contribution in [3.63, 3.8) is 0 Å². The van der Waals surface area contributed by atoms with Crippen LogP contribution in [0.25, 0.3) is 0 Å². The summed E-state index contributed by atoms with van der Waals surface area (Å²) < 4.78 is 0. The van der Waals surface area contributed by atoms with Crippen molar-refractivity contribution in [2.45, 2.75) is 45.4 Å². The van der Waals surface area contributed by atoms with Gasteiger partial charge in [-0.2, -0.15) is 0 Å². The SMILES string of the molecule is CCCCCCNC(=O)CCc1ccccc1O. The van der Waals surface area contributed by atoms with Crippen LogP contribution in [0.3, 0.4) is 0 Å². The van der Waals surface area contributed by atoms with Crippen LogP contribution < -0.4 is 5.32 Å². The minimum Gasteiger partial charge on any atom is -0.508 e. The molecular formula is C15H23NO2. The standard InChI is InChI=1S/C15H23NO2/c1-2-3-4-7-12-16-15(18)11-10-13-8-5-6-9-14(13)17/h5-6,8-9,17H,2-4,7,10-12H2,1H3,(H,16,18).